The van der Waals surface area contributed by atoms with Crippen LogP contribution in [0, 0.1) is 6.92 Å². The fourth-order valence-electron chi connectivity index (χ4n) is 2.59. The lowest BCUT2D eigenvalue weighted by Crippen LogP contribution is -2.38. The molecule has 1 amide bonds. The molecular weight excluding hydrogens is 272 g/mol. The minimum Gasteiger partial charge on any atom is -0.477 e. The van der Waals surface area contributed by atoms with Crippen LogP contribution in [0.1, 0.15) is 41.7 Å². The Bertz CT molecular complexity index is 598. The van der Waals surface area contributed by atoms with Gasteiger partial charge in [0.1, 0.15) is 12.1 Å². The van der Waals surface area contributed by atoms with Crippen LogP contribution in [0.25, 0.3) is 0 Å². The number of nitrogens with zero attached hydrogens (tertiary/aromatic N) is 2. The number of likely N-dealkylation sites (tertiary alicyclic amines) is 1. The van der Waals surface area contributed by atoms with E-state index in [1.165, 1.54) is 10.6 Å². The number of hydrogen-bond acceptors (Lipinski definition) is 3. The number of aryl methyl sites for hydroxylation is 1. The highest BCUT2D eigenvalue weighted by Gasteiger charge is 2.19. The third-order valence-corrected chi connectivity index (χ3v) is 3.88. The smallest absolute Gasteiger partial charge is 0.341 e. The molecule has 2 rings (SSSR count). The summed E-state index contributed by atoms with van der Waals surface area (Å²) < 4.78 is 1.25. The number of aromatic carboxylic acids is 1. The average Bonchev–Trinajstić information content (AvgIpc) is 2.71. The normalized spacial score (nSPS) is 15.6. The SMILES string of the molecule is Cc1ccc(C(=O)O)c(=O)n1CC(=O)N1CCCCCC1. The van der Waals surface area contributed by atoms with E-state index < -0.39 is 11.5 Å². The number of amides is 1. The van der Waals surface area contributed by atoms with Gasteiger partial charge in [0.15, 0.2) is 0 Å². The van der Waals surface area contributed by atoms with Gasteiger partial charge >= 0.3 is 5.97 Å². The standard InChI is InChI=1S/C15H20N2O4/c1-11-6-7-12(15(20)21)14(19)17(11)10-13(18)16-8-4-2-3-5-9-16/h6-7H,2-5,8-10H2,1H3,(H,20,21). The second-order valence-corrected chi connectivity index (χ2v) is 5.38. The molecule has 1 aromatic rings. The van der Waals surface area contributed by atoms with E-state index in [1.54, 1.807) is 17.9 Å². The van der Waals surface area contributed by atoms with Crippen molar-refractivity contribution in [1.29, 1.82) is 0 Å². The minimum absolute atomic E-state index is 0.0915. The van der Waals surface area contributed by atoms with Crippen molar-refractivity contribution in [2.75, 3.05) is 13.1 Å². The second-order valence-electron chi connectivity index (χ2n) is 5.38. The lowest BCUT2D eigenvalue weighted by molar-refractivity contribution is -0.131. The summed E-state index contributed by atoms with van der Waals surface area (Å²) >= 11 is 0. The molecule has 1 aliphatic heterocycles. The lowest BCUT2D eigenvalue weighted by Gasteiger charge is -2.21. The van der Waals surface area contributed by atoms with Gasteiger partial charge in [0.05, 0.1) is 0 Å². The maximum absolute atomic E-state index is 12.3. The predicted octanol–water partition coefficient (Wildman–Crippen LogP) is 1.26. The third-order valence-electron chi connectivity index (χ3n) is 3.88. The third kappa shape index (κ3) is 3.51. The van der Waals surface area contributed by atoms with E-state index in [9.17, 15) is 14.4 Å². The lowest BCUT2D eigenvalue weighted by atomic mass is 10.2. The number of carboxylic acids is 1. The fourth-order valence-corrected chi connectivity index (χ4v) is 2.59. The molecule has 114 valence electrons. The van der Waals surface area contributed by atoms with Gasteiger partial charge < -0.3 is 14.6 Å². The number of aromatic nitrogens is 1. The Hall–Kier alpha value is -2.11. The predicted molar refractivity (Wildman–Crippen MR) is 77.4 cm³/mol. The van der Waals surface area contributed by atoms with Gasteiger partial charge in [-0.05, 0) is 31.9 Å². The quantitative estimate of drug-likeness (QED) is 0.909. The summed E-state index contributed by atoms with van der Waals surface area (Å²) in [5.41, 5.74) is -0.330. The van der Waals surface area contributed by atoms with Gasteiger partial charge in [-0.1, -0.05) is 12.8 Å². The molecule has 0 saturated carbocycles. The van der Waals surface area contributed by atoms with Gasteiger partial charge in [0.25, 0.3) is 5.56 Å². The number of carbonyl (C=O) groups excluding carboxylic acids is 1. The topological polar surface area (TPSA) is 79.6 Å². The first kappa shape index (κ1) is 15.3. The van der Waals surface area contributed by atoms with Crippen LogP contribution in [-0.2, 0) is 11.3 Å². The molecule has 21 heavy (non-hydrogen) atoms. The summed E-state index contributed by atoms with van der Waals surface area (Å²) in [6, 6.07) is 2.84. The molecule has 0 radical (unpaired) electrons. The summed E-state index contributed by atoms with van der Waals surface area (Å²) in [7, 11) is 0. The zero-order valence-electron chi connectivity index (χ0n) is 12.2. The van der Waals surface area contributed by atoms with Crippen LogP contribution in [0.15, 0.2) is 16.9 Å². The number of pyridine rings is 1. The summed E-state index contributed by atoms with van der Waals surface area (Å²) in [4.78, 5) is 37.2. The molecule has 0 spiro atoms. The highest BCUT2D eigenvalue weighted by atomic mass is 16.4. The summed E-state index contributed by atoms with van der Waals surface area (Å²) in [5, 5.41) is 8.99. The molecule has 0 aliphatic carbocycles. The zero-order chi connectivity index (χ0) is 15.4. The average molecular weight is 292 g/mol. The molecule has 2 heterocycles. The van der Waals surface area contributed by atoms with Gasteiger partial charge in [0, 0.05) is 18.8 Å². The van der Waals surface area contributed by atoms with Gasteiger partial charge in [-0.25, -0.2) is 4.79 Å². The van der Waals surface area contributed by atoms with E-state index in [2.05, 4.69) is 0 Å². The first-order valence-electron chi connectivity index (χ1n) is 7.22. The van der Waals surface area contributed by atoms with Crippen LogP contribution in [0.5, 0.6) is 0 Å². The number of carbonyl (C=O) groups is 2. The number of carboxylic acid groups (broad SMARTS) is 1. The van der Waals surface area contributed by atoms with Gasteiger partial charge in [-0.3, -0.25) is 9.59 Å². The van der Waals surface area contributed by atoms with Crippen molar-refractivity contribution in [2.45, 2.75) is 39.2 Å². The molecule has 1 fully saturated rings. The Morgan fingerprint density at radius 2 is 1.76 bits per heavy atom. The molecule has 1 saturated heterocycles. The Balaban J connectivity index is 2.22. The first-order valence-corrected chi connectivity index (χ1v) is 7.22. The van der Waals surface area contributed by atoms with E-state index >= 15 is 0 Å². The number of hydrogen-bond donors (Lipinski definition) is 1. The van der Waals surface area contributed by atoms with Gasteiger partial charge in [0.2, 0.25) is 5.91 Å². The maximum Gasteiger partial charge on any atom is 0.341 e. The van der Waals surface area contributed by atoms with E-state index in [-0.39, 0.29) is 18.0 Å². The highest BCUT2D eigenvalue weighted by Crippen LogP contribution is 2.10. The van der Waals surface area contributed by atoms with Gasteiger partial charge in [-0.2, -0.15) is 0 Å². The summed E-state index contributed by atoms with van der Waals surface area (Å²) in [6.07, 6.45) is 4.21. The van der Waals surface area contributed by atoms with Crippen molar-refractivity contribution in [3.05, 3.63) is 33.7 Å². The van der Waals surface area contributed by atoms with E-state index in [0.717, 1.165) is 25.7 Å². The fraction of sp³-hybridized carbons (Fsp3) is 0.533. The molecule has 0 aromatic carbocycles. The monoisotopic (exact) mass is 292 g/mol. The van der Waals surface area contributed by atoms with Crippen LogP contribution in [0.2, 0.25) is 0 Å². The molecular formula is C15H20N2O4. The Labute approximate surface area is 123 Å². The Morgan fingerprint density at radius 1 is 1.14 bits per heavy atom. The molecule has 6 nitrogen and oxygen atoms in total. The van der Waals surface area contributed by atoms with Crippen molar-refractivity contribution in [3.63, 3.8) is 0 Å². The molecule has 1 N–H and O–H groups in total. The molecule has 0 bridgehead atoms. The Morgan fingerprint density at radius 3 is 2.33 bits per heavy atom. The van der Waals surface area contributed by atoms with Crippen LogP contribution in [-0.4, -0.2) is 39.5 Å². The van der Waals surface area contributed by atoms with Crippen molar-refractivity contribution in [1.82, 2.24) is 9.47 Å². The van der Waals surface area contributed by atoms with Crippen molar-refractivity contribution in [3.8, 4) is 0 Å². The van der Waals surface area contributed by atoms with E-state index in [0.29, 0.717) is 18.8 Å². The molecule has 6 heteroatoms. The zero-order valence-corrected chi connectivity index (χ0v) is 12.2. The number of rotatable bonds is 3. The summed E-state index contributed by atoms with van der Waals surface area (Å²) in [5.74, 6) is -1.39. The van der Waals surface area contributed by atoms with E-state index in [4.69, 9.17) is 5.11 Å². The minimum atomic E-state index is -1.27. The van der Waals surface area contributed by atoms with Crippen LogP contribution < -0.4 is 5.56 Å². The molecule has 1 aliphatic rings. The Kier molecular flexibility index (Phi) is 4.77. The molecule has 0 unspecified atom stereocenters. The summed E-state index contributed by atoms with van der Waals surface area (Å²) in [6.45, 7) is 3.03. The van der Waals surface area contributed by atoms with Crippen molar-refractivity contribution < 1.29 is 14.7 Å². The maximum atomic E-state index is 12.3. The van der Waals surface area contributed by atoms with Crippen molar-refractivity contribution >= 4 is 11.9 Å². The van der Waals surface area contributed by atoms with Crippen LogP contribution in [0.3, 0.4) is 0 Å². The van der Waals surface area contributed by atoms with Crippen LogP contribution >= 0.6 is 0 Å². The highest BCUT2D eigenvalue weighted by molar-refractivity contribution is 5.87. The first-order chi connectivity index (χ1) is 10.0. The van der Waals surface area contributed by atoms with Crippen molar-refractivity contribution in [2.24, 2.45) is 0 Å². The largest absolute Gasteiger partial charge is 0.477 e. The molecule has 0 atom stereocenters. The van der Waals surface area contributed by atoms with E-state index in [1.807, 2.05) is 0 Å². The van der Waals surface area contributed by atoms with Crippen LogP contribution in [0.4, 0.5) is 0 Å². The second kappa shape index (κ2) is 6.56. The molecule has 1 aromatic heterocycles. The van der Waals surface area contributed by atoms with Gasteiger partial charge in [-0.15, -0.1) is 0 Å².